The van der Waals surface area contributed by atoms with Crippen LogP contribution in [0.25, 0.3) is 21.0 Å². The van der Waals surface area contributed by atoms with Crippen LogP contribution in [-0.2, 0) is 6.54 Å². The first-order chi connectivity index (χ1) is 10.4. The highest BCUT2D eigenvalue weighted by molar-refractivity contribution is 7.19. The first-order valence-corrected chi connectivity index (χ1v) is 8.93. The normalized spacial score (nSPS) is 10.9. The fourth-order valence-electron chi connectivity index (χ4n) is 2.18. The van der Waals surface area contributed by atoms with Gasteiger partial charge in [0.15, 0.2) is 0 Å². The Bertz CT molecular complexity index is 672. The summed E-state index contributed by atoms with van der Waals surface area (Å²) in [4.78, 5) is 6.14. The van der Waals surface area contributed by atoms with Crippen LogP contribution in [0, 0.1) is 0 Å². The molecule has 0 aliphatic heterocycles. The lowest BCUT2D eigenvalue weighted by Crippen LogP contribution is -2.14. The van der Waals surface area contributed by atoms with E-state index in [1.165, 1.54) is 16.0 Å². The van der Waals surface area contributed by atoms with Gasteiger partial charge in [-0.2, -0.15) is 11.3 Å². The van der Waals surface area contributed by atoms with E-state index < -0.39 is 0 Å². The van der Waals surface area contributed by atoms with E-state index in [2.05, 4.69) is 59.4 Å². The zero-order valence-corrected chi connectivity index (χ0v) is 13.6. The zero-order chi connectivity index (χ0) is 14.5. The molecule has 0 saturated carbocycles. The van der Waals surface area contributed by atoms with E-state index in [0.29, 0.717) is 0 Å². The van der Waals surface area contributed by atoms with Crippen LogP contribution in [0.2, 0.25) is 0 Å². The number of nitrogens with zero attached hydrogens (tertiary/aromatic N) is 1. The summed E-state index contributed by atoms with van der Waals surface area (Å²) in [6.45, 7) is 4.04. The molecule has 0 unspecified atom stereocenters. The molecule has 0 spiro atoms. The minimum Gasteiger partial charge on any atom is -0.311 e. The van der Waals surface area contributed by atoms with Gasteiger partial charge in [0, 0.05) is 17.5 Å². The number of benzene rings is 1. The van der Waals surface area contributed by atoms with Crippen LogP contribution in [0.1, 0.15) is 19.0 Å². The summed E-state index contributed by atoms with van der Waals surface area (Å²) in [6.07, 6.45) is 1.14. The van der Waals surface area contributed by atoms with Crippen molar-refractivity contribution < 1.29 is 0 Å². The maximum atomic E-state index is 4.86. The fraction of sp³-hybridized carbons (Fsp3) is 0.235. The van der Waals surface area contributed by atoms with E-state index >= 15 is 0 Å². The molecule has 108 valence electrons. The van der Waals surface area contributed by atoms with Crippen molar-refractivity contribution >= 4 is 22.7 Å². The van der Waals surface area contributed by atoms with Gasteiger partial charge in [0.25, 0.3) is 0 Å². The number of thiazole rings is 1. The summed E-state index contributed by atoms with van der Waals surface area (Å²) in [5.41, 5.74) is 3.63. The van der Waals surface area contributed by atoms with E-state index in [9.17, 15) is 0 Å². The highest BCUT2D eigenvalue weighted by Crippen LogP contribution is 2.36. The lowest BCUT2D eigenvalue weighted by molar-refractivity contribution is 0.668. The summed E-state index contributed by atoms with van der Waals surface area (Å²) < 4.78 is 0. The standard InChI is InChI=1S/C17H18N2S2/c1-2-9-18-11-15-16(13-6-4-3-5-7-13)21-17(19-15)14-8-10-20-12-14/h3-8,10,12,18H,2,9,11H2,1H3. The first-order valence-electron chi connectivity index (χ1n) is 7.17. The molecule has 0 atom stereocenters. The van der Waals surface area contributed by atoms with Gasteiger partial charge in [-0.25, -0.2) is 4.98 Å². The number of hydrogen-bond donors (Lipinski definition) is 1. The maximum Gasteiger partial charge on any atom is 0.125 e. The molecule has 2 nitrogen and oxygen atoms in total. The fourth-order valence-corrected chi connectivity index (χ4v) is 3.98. The first kappa shape index (κ1) is 14.4. The summed E-state index contributed by atoms with van der Waals surface area (Å²) in [6, 6.07) is 12.7. The van der Waals surface area contributed by atoms with Gasteiger partial charge in [-0.15, -0.1) is 11.3 Å². The Labute approximate surface area is 133 Å². The average molecular weight is 314 g/mol. The maximum absolute atomic E-state index is 4.86. The third kappa shape index (κ3) is 3.40. The van der Waals surface area contributed by atoms with Gasteiger partial charge < -0.3 is 5.32 Å². The average Bonchev–Trinajstić information content (AvgIpc) is 3.18. The van der Waals surface area contributed by atoms with Crippen LogP contribution in [0.15, 0.2) is 47.2 Å². The minimum atomic E-state index is 0.832. The Morgan fingerprint density at radius 3 is 2.67 bits per heavy atom. The topological polar surface area (TPSA) is 24.9 Å². The molecule has 2 aromatic heterocycles. The molecule has 1 aromatic carbocycles. The molecule has 3 aromatic rings. The van der Waals surface area contributed by atoms with Crippen molar-refractivity contribution in [2.75, 3.05) is 6.54 Å². The highest BCUT2D eigenvalue weighted by Gasteiger charge is 2.14. The van der Waals surface area contributed by atoms with E-state index in [0.717, 1.165) is 30.2 Å². The zero-order valence-electron chi connectivity index (χ0n) is 12.0. The number of hydrogen-bond acceptors (Lipinski definition) is 4. The van der Waals surface area contributed by atoms with Crippen molar-refractivity contribution in [3.05, 3.63) is 52.9 Å². The third-order valence-corrected chi connectivity index (χ3v) is 5.10. The van der Waals surface area contributed by atoms with Gasteiger partial charge in [0.05, 0.1) is 10.6 Å². The van der Waals surface area contributed by atoms with Crippen LogP contribution in [-0.4, -0.2) is 11.5 Å². The molecule has 0 amide bonds. The lowest BCUT2D eigenvalue weighted by Gasteiger charge is -2.03. The number of nitrogens with one attached hydrogen (secondary N) is 1. The second kappa shape index (κ2) is 6.98. The van der Waals surface area contributed by atoms with Crippen molar-refractivity contribution in [1.82, 2.24) is 10.3 Å². The van der Waals surface area contributed by atoms with Crippen LogP contribution >= 0.6 is 22.7 Å². The number of aromatic nitrogens is 1. The second-order valence-electron chi connectivity index (χ2n) is 4.85. The Morgan fingerprint density at radius 2 is 1.95 bits per heavy atom. The quantitative estimate of drug-likeness (QED) is 0.645. The van der Waals surface area contributed by atoms with Crippen LogP contribution in [0.3, 0.4) is 0 Å². The molecule has 0 bridgehead atoms. The molecule has 0 radical (unpaired) electrons. The van der Waals surface area contributed by atoms with Crippen molar-refractivity contribution in [2.45, 2.75) is 19.9 Å². The van der Waals surface area contributed by atoms with E-state index in [4.69, 9.17) is 4.98 Å². The van der Waals surface area contributed by atoms with Gasteiger partial charge in [-0.1, -0.05) is 37.3 Å². The molecule has 0 aliphatic rings. The molecule has 0 fully saturated rings. The van der Waals surface area contributed by atoms with Gasteiger partial charge in [0.2, 0.25) is 0 Å². The summed E-state index contributed by atoms with van der Waals surface area (Å²) in [5, 5.41) is 8.85. The smallest absolute Gasteiger partial charge is 0.125 e. The van der Waals surface area contributed by atoms with Crippen molar-refractivity contribution in [3.8, 4) is 21.0 Å². The van der Waals surface area contributed by atoms with E-state index in [-0.39, 0.29) is 0 Å². The molecule has 3 rings (SSSR count). The van der Waals surface area contributed by atoms with Crippen molar-refractivity contribution in [3.63, 3.8) is 0 Å². The Hall–Kier alpha value is -1.49. The number of rotatable bonds is 6. The highest BCUT2D eigenvalue weighted by atomic mass is 32.1. The second-order valence-corrected chi connectivity index (χ2v) is 6.63. The van der Waals surface area contributed by atoms with E-state index in [1.807, 2.05) is 0 Å². The van der Waals surface area contributed by atoms with Crippen LogP contribution < -0.4 is 5.32 Å². The van der Waals surface area contributed by atoms with Gasteiger partial charge in [-0.3, -0.25) is 0 Å². The molecule has 21 heavy (non-hydrogen) atoms. The minimum absolute atomic E-state index is 0.832. The van der Waals surface area contributed by atoms with Gasteiger partial charge >= 0.3 is 0 Å². The lowest BCUT2D eigenvalue weighted by atomic mass is 10.1. The monoisotopic (exact) mass is 314 g/mol. The summed E-state index contributed by atoms with van der Waals surface area (Å²) in [7, 11) is 0. The van der Waals surface area contributed by atoms with Crippen LogP contribution in [0.4, 0.5) is 0 Å². The molecule has 0 aliphatic carbocycles. The van der Waals surface area contributed by atoms with Crippen molar-refractivity contribution in [2.24, 2.45) is 0 Å². The Balaban J connectivity index is 1.96. The summed E-state index contributed by atoms with van der Waals surface area (Å²) in [5.74, 6) is 0. The molecule has 1 N–H and O–H groups in total. The molecular formula is C17H18N2S2. The van der Waals surface area contributed by atoms with Crippen molar-refractivity contribution in [1.29, 1.82) is 0 Å². The molecular weight excluding hydrogens is 296 g/mol. The molecule has 2 heterocycles. The number of thiophene rings is 1. The molecule has 0 saturated heterocycles. The van der Waals surface area contributed by atoms with Gasteiger partial charge in [0.1, 0.15) is 5.01 Å². The SMILES string of the molecule is CCCNCc1nc(-c2ccsc2)sc1-c1ccccc1. The predicted octanol–water partition coefficient (Wildman–Crippen LogP) is 5.04. The Kier molecular flexibility index (Phi) is 4.80. The summed E-state index contributed by atoms with van der Waals surface area (Å²) >= 11 is 3.50. The predicted molar refractivity (Wildman–Crippen MR) is 92.9 cm³/mol. The Morgan fingerprint density at radius 1 is 1.10 bits per heavy atom. The largest absolute Gasteiger partial charge is 0.311 e. The third-order valence-electron chi connectivity index (χ3n) is 3.22. The van der Waals surface area contributed by atoms with Gasteiger partial charge in [-0.05, 0) is 30.0 Å². The molecule has 4 heteroatoms. The van der Waals surface area contributed by atoms with E-state index in [1.54, 1.807) is 22.7 Å². The van der Waals surface area contributed by atoms with Crippen LogP contribution in [0.5, 0.6) is 0 Å².